The Bertz CT molecular complexity index is 408. The van der Waals surface area contributed by atoms with Gasteiger partial charge in [-0.05, 0) is 6.07 Å². The minimum Gasteiger partial charge on any atom is -0.383 e. The van der Waals surface area contributed by atoms with E-state index in [1.54, 1.807) is 7.11 Å². The number of amides is 1. The maximum Gasteiger partial charge on any atom is 0.324 e. The lowest BCUT2D eigenvalue weighted by Gasteiger charge is -2.05. The zero-order valence-electron chi connectivity index (χ0n) is 9.97. The summed E-state index contributed by atoms with van der Waals surface area (Å²) >= 11 is 0.869. The third-order valence-electron chi connectivity index (χ3n) is 2.07. The van der Waals surface area contributed by atoms with E-state index in [9.17, 15) is 14.9 Å². The van der Waals surface area contributed by atoms with Gasteiger partial charge in [0.05, 0.1) is 16.4 Å². The van der Waals surface area contributed by atoms with Gasteiger partial charge >= 0.3 is 5.00 Å². The van der Waals surface area contributed by atoms with Gasteiger partial charge in [-0.2, -0.15) is 0 Å². The molecule has 7 nitrogen and oxygen atoms in total. The van der Waals surface area contributed by atoms with E-state index in [0.29, 0.717) is 24.6 Å². The highest BCUT2D eigenvalue weighted by Crippen LogP contribution is 2.23. The van der Waals surface area contributed by atoms with Crippen LogP contribution in [0.1, 0.15) is 9.67 Å². The number of nitro groups is 1. The number of carbonyl (C=O) groups excluding carboxylic acids is 1. The van der Waals surface area contributed by atoms with E-state index in [-0.39, 0.29) is 10.9 Å². The highest BCUT2D eigenvalue weighted by Gasteiger charge is 2.14. The molecule has 18 heavy (non-hydrogen) atoms. The average Bonchev–Trinajstić information content (AvgIpc) is 2.83. The SMILES string of the molecule is COCCNCCNC(=O)c1ccc([N+](=O)[O-])s1. The number of hydrogen-bond acceptors (Lipinski definition) is 6. The van der Waals surface area contributed by atoms with E-state index in [4.69, 9.17) is 4.74 Å². The van der Waals surface area contributed by atoms with Crippen LogP contribution in [-0.4, -0.2) is 44.2 Å². The molecule has 8 heteroatoms. The first-order valence-corrected chi connectivity index (χ1v) is 6.19. The molecular formula is C10H15N3O4S. The second-order valence-corrected chi connectivity index (χ2v) is 4.46. The fourth-order valence-corrected chi connectivity index (χ4v) is 1.94. The molecule has 0 aliphatic rings. The minimum absolute atomic E-state index is 0.0293. The molecule has 1 aromatic rings. The van der Waals surface area contributed by atoms with Gasteiger partial charge in [-0.1, -0.05) is 11.3 Å². The van der Waals surface area contributed by atoms with Crippen molar-refractivity contribution in [3.8, 4) is 0 Å². The quantitative estimate of drug-likeness (QED) is 0.411. The first-order chi connectivity index (χ1) is 8.65. The van der Waals surface area contributed by atoms with Crippen LogP contribution in [0.3, 0.4) is 0 Å². The number of hydrogen-bond donors (Lipinski definition) is 2. The molecule has 0 aromatic carbocycles. The Morgan fingerprint density at radius 3 is 2.83 bits per heavy atom. The van der Waals surface area contributed by atoms with Crippen molar-refractivity contribution >= 4 is 22.2 Å². The van der Waals surface area contributed by atoms with E-state index in [1.165, 1.54) is 12.1 Å². The van der Waals surface area contributed by atoms with Crippen molar-refractivity contribution in [2.24, 2.45) is 0 Å². The Hall–Kier alpha value is -1.51. The van der Waals surface area contributed by atoms with Crippen LogP contribution in [0.5, 0.6) is 0 Å². The molecule has 0 radical (unpaired) electrons. The number of thiophene rings is 1. The van der Waals surface area contributed by atoms with E-state index in [1.807, 2.05) is 0 Å². The Kier molecular flexibility index (Phi) is 6.26. The van der Waals surface area contributed by atoms with Crippen LogP contribution in [0, 0.1) is 10.1 Å². The molecule has 0 spiro atoms. The predicted molar refractivity (Wildman–Crippen MR) is 68.1 cm³/mol. The lowest BCUT2D eigenvalue weighted by atomic mass is 10.4. The molecule has 1 amide bonds. The van der Waals surface area contributed by atoms with Crippen LogP contribution < -0.4 is 10.6 Å². The van der Waals surface area contributed by atoms with Crippen LogP contribution in [0.2, 0.25) is 0 Å². The number of rotatable bonds is 8. The Morgan fingerprint density at radius 1 is 1.44 bits per heavy atom. The van der Waals surface area contributed by atoms with Crippen molar-refractivity contribution in [3.05, 3.63) is 27.1 Å². The van der Waals surface area contributed by atoms with Crippen LogP contribution in [-0.2, 0) is 4.74 Å². The standard InChI is InChI=1S/C10H15N3O4S/c1-17-7-6-11-4-5-12-10(14)8-2-3-9(18-8)13(15)16/h2-3,11H,4-7H2,1H3,(H,12,14). The molecule has 0 saturated heterocycles. The second-order valence-electron chi connectivity index (χ2n) is 3.39. The topological polar surface area (TPSA) is 93.5 Å². The smallest absolute Gasteiger partial charge is 0.324 e. The predicted octanol–water partition coefficient (Wildman–Crippen LogP) is 0.622. The van der Waals surface area contributed by atoms with Crippen LogP contribution in [0.25, 0.3) is 0 Å². The summed E-state index contributed by atoms with van der Waals surface area (Å²) in [6.45, 7) is 2.43. The molecule has 1 rings (SSSR count). The molecule has 2 N–H and O–H groups in total. The van der Waals surface area contributed by atoms with E-state index < -0.39 is 4.92 Å². The summed E-state index contributed by atoms with van der Waals surface area (Å²) in [4.78, 5) is 21.9. The average molecular weight is 273 g/mol. The maximum absolute atomic E-state index is 11.6. The van der Waals surface area contributed by atoms with E-state index in [0.717, 1.165) is 17.9 Å². The zero-order chi connectivity index (χ0) is 13.4. The molecule has 0 fully saturated rings. The van der Waals surface area contributed by atoms with Crippen LogP contribution >= 0.6 is 11.3 Å². The van der Waals surface area contributed by atoms with Crippen molar-refractivity contribution in [3.63, 3.8) is 0 Å². The summed E-state index contributed by atoms with van der Waals surface area (Å²) < 4.78 is 4.85. The summed E-state index contributed by atoms with van der Waals surface area (Å²) in [5.74, 6) is -0.290. The Morgan fingerprint density at radius 2 is 2.22 bits per heavy atom. The highest BCUT2D eigenvalue weighted by atomic mass is 32.1. The molecule has 0 aliphatic carbocycles. The highest BCUT2D eigenvalue weighted by molar-refractivity contribution is 7.17. The van der Waals surface area contributed by atoms with Crippen molar-refractivity contribution in [1.82, 2.24) is 10.6 Å². The van der Waals surface area contributed by atoms with Gasteiger partial charge in [0, 0.05) is 32.8 Å². The van der Waals surface area contributed by atoms with Crippen molar-refractivity contribution in [2.45, 2.75) is 0 Å². The number of ether oxygens (including phenoxy) is 1. The summed E-state index contributed by atoms with van der Waals surface area (Å²) in [7, 11) is 1.62. The molecule has 100 valence electrons. The molecule has 0 saturated carbocycles. The first-order valence-electron chi connectivity index (χ1n) is 5.37. The first kappa shape index (κ1) is 14.6. The lowest BCUT2D eigenvalue weighted by molar-refractivity contribution is -0.380. The van der Waals surface area contributed by atoms with Crippen LogP contribution in [0.15, 0.2) is 12.1 Å². The Balaban J connectivity index is 2.25. The third kappa shape index (κ3) is 4.78. The molecule has 0 unspecified atom stereocenters. The molecule has 0 aliphatic heterocycles. The van der Waals surface area contributed by atoms with Crippen molar-refractivity contribution in [2.75, 3.05) is 33.4 Å². The zero-order valence-corrected chi connectivity index (χ0v) is 10.8. The summed E-state index contributed by atoms with van der Waals surface area (Å²) in [6.07, 6.45) is 0. The third-order valence-corrected chi connectivity index (χ3v) is 3.10. The Labute approximate surface area is 108 Å². The van der Waals surface area contributed by atoms with E-state index in [2.05, 4.69) is 10.6 Å². The summed E-state index contributed by atoms with van der Waals surface area (Å²) in [6, 6.07) is 2.78. The van der Waals surface area contributed by atoms with Gasteiger partial charge in [0.1, 0.15) is 0 Å². The van der Waals surface area contributed by atoms with Gasteiger partial charge in [0.25, 0.3) is 5.91 Å². The van der Waals surface area contributed by atoms with E-state index >= 15 is 0 Å². The molecule has 1 heterocycles. The molecule has 0 bridgehead atoms. The van der Waals surface area contributed by atoms with Gasteiger partial charge in [0.2, 0.25) is 0 Å². The second kappa shape index (κ2) is 7.75. The molecule has 0 atom stereocenters. The lowest BCUT2D eigenvalue weighted by Crippen LogP contribution is -2.32. The fraction of sp³-hybridized carbons (Fsp3) is 0.500. The fourth-order valence-electron chi connectivity index (χ4n) is 1.20. The number of nitrogens with one attached hydrogen (secondary N) is 2. The number of carbonyl (C=O) groups is 1. The largest absolute Gasteiger partial charge is 0.383 e. The van der Waals surface area contributed by atoms with Gasteiger partial charge < -0.3 is 15.4 Å². The maximum atomic E-state index is 11.6. The molecule has 1 aromatic heterocycles. The summed E-state index contributed by atoms with van der Waals surface area (Å²) in [5.41, 5.74) is 0. The van der Waals surface area contributed by atoms with Gasteiger partial charge in [-0.15, -0.1) is 0 Å². The monoisotopic (exact) mass is 273 g/mol. The van der Waals surface area contributed by atoms with Crippen molar-refractivity contribution < 1.29 is 14.5 Å². The van der Waals surface area contributed by atoms with Gasteiger partial charge in [-0.3, -0.25) is 14.9 Å². The minimum atomic E-state index is -0.506. The number of methoxy groups -OCH3 is 1. The summed E-state index contributed by atoms with van der Waals surface area (Å²) in [5, 5.41) is 16.2. The van der Waals surface area contributed by atoms with Gasteiger partial charge in [0.15, 0.2) is 0 Å². The van der Waals surface area contributed by atoms with Gasteiger partial charge in [-0.25, -0.2) is 0 Å². The normalized spacial score (nSPS) is 10.3. The van der Waals surface area contributed by atoms with Crippen molar-refractivity contribution in [1.29, 1.82) is 0 Å². The number of nitrogens with zero attached hydrogens (tertiary/aromatic N) is 1. The van der Waals surface area contributed by atoms with Crippen LogP contribution in [0.4, 0.5) is 5.00 Å². The molecular weight excluding hydrogens is 258 g/mol.